The maximum atomic E-state index is 12.4. The molecule has 6 rings (SSSR count). The zero-order chi connectivity index (χ0) is 29.1. The third-order valence-corrected chi connectivity index (χ3v) is 9.54. The number of rotatable bonds is 8. The largest absolute Gasteiger partial charge is 0.381 e. The van der Waals surface area contributed by atoms with Gasteiger partial charge in [-0.2, -0.15) is 5.10 Å². The maximum Gasteiger partial charge on any atom is 0.219 e. The van der Waals surface area contributed by atoms with Crippen LogP contribution >= 0.6 is 0 Å². The van der Waals surface area contributed by atoms with E-state index < -0.39 is 0 Å². The van der Waals surface area contributed by atoms with Gasteiger partial charge in [0.2, 0.25) is 5.91 Å². The van der Waals surface area contributed by atoms with Crippen LogP contribution in [0.5, 0.6) is 0 Å². The Kier molecular flexibility index (Phi) is 8.91. The van der Waals surface area contributed by atoms with E-state index >= 15 is 0 Å². The van der Waals surface area contributed by atoms with E-state index in [4.69, 9.17) is 14.8 Å². The molecule has 42 heavy (non-hydrogen) atoms. The van der Waals surface area contributed by atoms with Gasteiger partial charge in [-0.3, -0.25) is 14.5 Å². The summed E-state index contributed by atoms with van der Waals surface area (Å²) in [6.07, 6.45) is 9.81. The van der Waals surface area contributed by atoms with Gasteiger partial charge < -0.3 is 19.9 Å². The summed E-state index contributed by atoms with van der Waals surface area (Å²) in [6, 6.07) is 11.5. The van der Waals surface area contributed by atoms with Crippen molar-refractivity contribution in [2.24, 2.45) is 5.92 Å². The van der Waals surface area contributed by atoms with Gasteiger partial charge in [-0.25, -0.2) is 0 Å². The Morgan fingerprint density at radius 3 is 2.57 bits per heavy atom. The lowest BCUT2D eigenvalue weighted by molar-refractivity contribution is -0.129. The lowest BCUT2D eigenvalue weighted by atomic mass is 9.91. The number of anilines is 2. The number of nitrogens with zero attached hydrogens (tertiary/aromatic N) is 5. The SMILES string of the molecule is CCN(c1cnc(-c2ccc(CCC3CCNCC3)cc2)cc1C)c1nn(C2CCOCC2)c2c1CN(C(C)=O)CC2. The normalized spacial score (nSPS) is 18.2. The first kappa shape index (κ1) is 28.9. The van der Waals surface area contributed by atoms with Crippen molar-refractivity contribution in [3.63, 3.8) is 0 Å². The molecular weight excluding hydrogens is 524 g/mol. The highest BCUT2D eigenvalue weighted by atomic mass is 16.5. The Hall–Kier alpha value is -3.23. The number of amides is 1. The molecule has 2 aromatic heterocycles. The van der Waals surface area contributed by atoms with Crippen molar-refractivity contribution in [2.75, 3.05) is 44.3 Å². The Balaban J connectivity index is 1.24. The molecule has 5 heterocycles. The molecular formula is C34H46N6O2. The fourth-order valence-corrected chi connectivity index (χ4v) is 6.95. The van der Waals surface area contributed by atoms with E-state index in [0.717, 1.165) is 93.8 Å². The van der Waals surface area contributed by atoms with E-state index in [1.54, 1.807) is 6.92 Å². The Morgan fingerprint density at radius 1 is 1.12 bits per heavy atom. The van der Waals surface area contributed by atoms with Gasteiger partial charge in [0.1, 0.15) is 0 Å². The van der Waals surface area contributed by atoms with E-state index in [-0.39, 0.29) is 5.91 Å². The highest BCUT2D eigenvalue weighted by Gasteiger charge is 2.32. The second-order valence-corrected chi connectivity index (χ2v) is 12.3. The predicted molar refractivity (Wildman–Crippen MR) is 167 cm³/mol. The number of carbonyl (C=O) groups is 1. The van der Waals surface area contributed by atoms with E-state index in [1.807, 2.05) is 11.1 Å². The maximum absolute atomic E-state index is 12.4. The standard InChI is InChI=1S/C34H46N6O2/c1-4-39(34-30-23-38(25(3)41)18-13-32(30)40(37-34)29-14-19-42-20-15-29)33-22-36-31(21-24(33)2)28-9-7-26(8-10-28)5-6-27-11-16-35-17-12-27/h7-10,21-22,27,29,35H,4-6,11-20,23H2,1-3H3. The van der Waals surface area contributed by atoms with Gasteiger partial charge in [0.15, 0.2) is 5.82 Å². The molecule has 2 saturated heterocycles. The number of carbonyl (C=O) groups excluding carboxylic acids is 1. The average molecular weight is 571 g/mol. The van der Waals surface area contributed by atoms with Gasteiger partial charge in [-0.15, -0.1) is 0 Å². The van der Waals surface area contributed by atoms with Gasteiger partial charge in [0, 0.05) is 56.5 Å². The van der Waals surface area contributed by atoms with Crippen LogP contribution in [0.15, 0.2) is 36.5 Å². The highest BCUT2D eigenvalue weighted by molar-refractivity contribution is 5.75. The predicted octanol–water partition coefficient (Wildman–Crippen LogP) is 5.60. The van der Waals surface area contributed by atoms with Crippen LogP contribution in [-0.4, -0.2) is 65.0 Å². The summed E-state index contributed by atoms with van der Waals surface area (Å²) in [5.74, 6) is 1.93. The number of hydrogen-bond acceptors (Lipinski definition) is 6. The smallest absolute Gasteiger partial charge is 0.219 e. The number of aryl methyl sites for hydroxylation is 2. The fourth-order valence-electron chi connectivity index (χ4n) is 6.95. The minimum Gasteiger partial charge on any atom is -0.381 e. The molecule has 0 spiro atoms. The summed E-state index contributed by atoms with van der Waals surface area (Å²) < 4.78 is 7.91. The number of pyridine rings is 1. The van der Waals surface area contributed by atoms with E-state index in [2.05, 4.69) is 59.1 Å². The first-order chi connectivity index (χ1) is 20.5. The Bertz CT molecular complexity index is 1370. The molecule has 3 aromatic rings. The molecule has 0 atom stereocenters. The van der Waals surface area contributed by atoms with Crippen LogP contribution in [0.25, 0.3) is 11.3 Å². The van der Waals surface area contributed by atoms with Crippen molar-refractivity contribution in [2.45, 2.75) is 78.3 Å². The first-order valence-electron chi connectivity index (χ1n) is 16.0. The van der Waals surface area contributed by atoms with Crippen molar-refractivity contribution in [1.29, 1.82) is 0 Å². The molecule has 0 radical (unpaired) electrons. The molecule has 2 fully saturated rings. The number of piperidine rings is 1. The Labute approximate surface area is 250 Å². The molecule has 3 aliphatic rings. The lowest BCUT2D eigenvalue weighted by Crippen LogP contribution is -2.35. The van der Waals surface area contributed by atoms with Crippen LogP contribution in [0, 0.1) is 12.8 Å². The van der Waals surface area contributed by atoms with E-state index in [9.17, 15) is 4.79 Å². The van der Waals surface area contributed by atoms with Crippen LogP contribution < -0.4 is 10.2 Å². The number of fused-ring (bicyclic) bond motifs is 1. The molecule has 0 unspecified atom stereocenters. The molecule has 0 bridgehead atoms. The van der Waals surface area contributed by atoms with Crippen molar-refractivity contribution in [3.05, 3.63) is 58.9 Å². The zero-order valence-corrected chi connectivity index (χ0v) is 25.6. The molecule has 1 N–H and O–H groups in total. The summed E-state index contributed by atoms with van der Waals surface area (Å²) >= 11 is 0. The number of ether oxygens (including phenoxy) is 1. The van der Waals surface area contributed by atoms with Crippen LogP contribution in [0.1, 0.15) is 74.4 Å². The van der Waals surface area contributed by atoms with E-state index in [0.29, 0.717) is 12.6 Å². The van der Waals surface area contributed by atoms with Crippen molar-refractivity contribution < 1.29 is 9.53 Å². The zero-order valence-electron chi connectivity index (χ0n) is 25.6. The summed E-state index contributed by atoms with van der Waals surface area (Å²) in [7, 11) is 0. The van der Waals surface area contributed by atoms with Crippen LogP contribution in [0.3, 0.4) is 0 Å². The summed E-state index contributed by atoms with van der Waals surface area (Å²) in [4.78, 5) is 21.5. The number of hydrogen-bond donors (Lipinski definition) is 1. The molecule has 0 aliphatic carbocycles. The fraction of sp³-hybridized carbons (Fsp3) is 0.559. The summed E-state index contributed by atoms with van der Waals surface area (Å²) in [5, 5.41) is 8.72. The lowest BCUT2D eigenvalue weighted by Gasteiger charge is -2.30. The molecule has 8 heteroatoms. The third kappa shape index (κ3) is 6.11. The minimum atomic E-state index is 0.118. The second-order valence-electron chi connectivity index (χ2n) is 12.3. The monoisotopic (exact) mass is 570 g/mol. The highest BCUT2D eigenvalue weighted by Crippen LogP contribution is 2.37. The van der Waals surface area contributed by atoms with Crippen LogP contribution in [-0.2, 0) is 28.9 Å². The van der Waals surface area contributed by atoms with Crippen molar-refractivity contribution >= 4 is 17.4 Å². The number of benzene rings is 1. The summed E-state index contributed by atoms with van der Waals surface area (Å²) in [5.41, 5.74) is 8.24. The minimum absolute atomic E-state index is 0.118. The van der Waals surface area contributed by atoms with Crippen LogP contribution in [0.4, 0.5) is 11.5 Å². The van der Waals surface area contributed by atoms with Crippen molar-refractivity contribution in [1.82, 2.24) is 25.0 Å². The van der Waals surface area contributed by atoms with Gasteiger partial charge in [-0.1, -0.05) is 24.3 Å². The van der Waals surface area contributed by atoms with Gasteiger partial charge >= 0.3 is 0 Å². The molecule has 8 nitrogen and oxygen atoms in total. The molecule has 1 aromatic carbocycles. The number of nitrogens with one attached hydrogen (secondary N) is 1. The van der Waals surface area contributed by atoms with E-state index in [1.165, 1.54) is 41.6 Å². The molecule has 1 amide bonds. The molecule has 0 saturated carbocycles. The summed E-state index contributed by atoms with van der Waals surface area (Å²) in [6.45, 7) is 12.0. The van der Waals surface area contributed by atoms with Gasteiger partial charge in [0.25, 0.3) is 0 Å². The quantitative estimate of drug-likeness (QED) is 0.380. The Morgan fingerprint density at radius 2 is 1.88 bits per heavy atom. The van der Waals surface area contributed by atoms with Gasteiger partial charge in [-0.05, 0) is 88.6 Å². The van der Waals surface area contributed by atoms with Crippen LogP contribution in [0.2, 0.25) is 0 Å². The molecule has 224 valence electrons. The number of aromatic nitrogens is 3. The molecule has 3 aliphatic heterocycles. The first-order valence-corrected chi connectivity index (χ1v) is 16.0. The second kappa shape index (κ2) is 13.0. The van der Waals surface area contributed by atoms with Crippen molar-refractivity contribution in [3.8, 4) is 11.3 Å². The van der Waals surface area contributed by atoms with Gasteiger partial charge in [0.05, 0.1) is 30.2 Å². The topological polar surface area (TPSA) is 75.5 Å². The third-order valence-electron chi connectivity index (χ3n) is 9.54. The average Bonchev–Trinajstić information content (AvgIpc) is 3.41.